The molecule has 18 heavy (non-hydrogen) atoms. The van der Waals surface area contributed by atoms with Crippen molar-refractivity contribution in [3.63, 3.8) is 0 Å². The van der Waals surface area contributed by atoms with Gasteiger partial charge in [-0.3, -0.25) is 0 Å². The van der Waals surface area contributed by atoms with Gasteiger partial charge in [0, 0.05) is 17.6 Å². The fraction of sp³-hybridized carbons (Fsp3) is 0.214. The molecule has 0 saturated carbocycles. The summed E-state index contributed by atoms with van der Waals surface area (Å²) in [4.78, 5) is 5.53. The van der Waals surface area contributed by atoms with Crippen molar-refractivity contribution in [3.8, 4) is 0 Å². The fourth-order valence-electron chi connectivity index (χ4n) is 1.67. The van der Waals surface area contributed by atoms with Crippen LogP contribution in [0.2, 0.25) is 5.02 Å². The van der Waals surface area contributed by atoms with Crippen molar-refractivity contribution in [2.75, 3.05) is 7.05 Å². The molecule has 0 aliphatic rings. The zero-order valence-corrected chi connectivity index (χ0v) is 12.0. The monoisotopic (exact) mass is 278 g/mol. The predicted octanol–water partition coefficient (Wildman–Crippen LogP) is 3.91. The van der Waals surface area contributed by atoms with E-state index < -0.39 is 0 Å². The predicted molar refractivity (Wildman–Crippen MR) is 77.3 cm³/mol. The number of benzene rings is 1. The molecule has 1 heterocycles. The first-order valence-corrected chi connectivity index (χ1v) is 6.92. The van der Waals surface area contributed by atoms with Gasteiger partial charge in [-0.05, 0) is 37.7 Å². The Kier molecular flexibility index (Phi) is 4.64. The number of aromatic nitrogens is 1. The molecule has 0 fully saturated rings. The number of hydrogen-bond donors (Lipinski definition) is 1. The van der Waals surface area contributed by atoms with Crippen LogP contribution in [0.4, 0.5) is 0 Å². The lowest BCUT2D eigenvalue weighted by Crippen LogP contribution is -2.06. The minimum Gasteiger partial charge on any atom is -0.316 e. The zero-order chi connectivity index (χ0) is 13.0. The molecule has 0 amide bonds. The molecular formula is C14H15ClN2S. The minimum absolute atomic E-state index is 0.665. The quantitative estimate of drug-likeness (QED) is 0.918. The van der Waals surface area contributed by atoms with E-state index in [2.05, 4.69) is 35.4 Å². The first-order chi connectivity index (χ1) is 8.69. The molecule has 2 rings (SSSR count). The van der Waals surface area contributed by atoms with Crippen LogP contribution in [0, 0.1) is 6.92 Å². The Labute approximate surface area is 117 Å². The maximum absolute atomic E-state index is 5.83. The summed E-state index contributed by atoms with van der Waals surface area (Å²) in [6, 6.07) is 10.3. The molecule has 0 bridgehead atoms. The van der Waals surface area contributed by atoms with Gasteiger partial charge in [0.05, 0.1) is 5.02 Å². The van der Waals surface area contributed by atoms with E-state index in [4.69, 9.17) is 11.6 Å². The number of rotatable bonds is 4. The van der Waals surface area contributed by atoms with Crippen LogP contribution in [0.1, 0.15) is 11.1 Å². The SMILES string of the molecule is CNCc1cc(C)ccc1Sc1ccc(Cl)cn1. The van der Waals surface area contributed by atoms with Crippen molar-refractivity contribution in [2.24, 2.45) is 0 Å². The standard InChI is InChI=1S/C14H15ClN2S/c1-10-3-5-13(11(7-10)8-16-2)18-14-6-4-12(15)9-17-14/h3-7,9,16H,8H2,1-2H3. The van der Waals surface area contributed by atoms with Crippen LogP contribution in [0.3, 0.4) is 0 Å². The molecule has 4 heteroatoms. The first-order valence-electron chi connectivity index (χ1n) is 5.72. The summed E-state index contributed by atoms with van der Waals surface area (Å²) in [5, 5.41) is 4.82. The van der Waals surface area contributed by atoms with Gasteiger partial charge < -0.3 is 5.32 Å². The van der Waals surface area contributed by atoms with E-state index in [9.17, 15) is 0 Å². The molecule has 0 atom stereocenters. The van der Waals surface area contributed by atoms with Crippen LogP contribution in [-0.4, -0.2) is 12.0 Å². The molecule has 0 radical (unpaired) electrons. The third-order valence-electron chi connectivity index (χ3n) is 2.50. The number of pyridine rings is 1. The third kappa shape index (κ3) is 3.48. The van der Waals surface area contributed by atoms with Crippen LogP contribution in [0.25, 0.3) is 0 Å². The van der Waals surface area contributed by atoms with Gasteiger partial charge >= 0.3 is 0 Å². The normalized spacial score (nSPS) is 10.6. The highest BCUT2D eigenvalue weighted by molar-refractivity contribution is 7.99. The largest absolute Gasteiger partial charge is 0.316 e. The lowest BCUT2D eigenvalue weighted by atomic mass is 10.1. The average Bonchev–Trinajstić information content (AvgIpc) is 2.36. The molecule has 1 aromatic carbocycles. The van der Waals surface area contributed by atoms with Gasteiger partial charge in [0.25, 0.3) is 0 Å². The Hall–Kier alpha value is -1.03. The summed E-state index contributed by atoms with van der Waals surface area (Å²) < 4.78 is 0. The fourth-order valence-corrected chi connectivity index (χ4v) is 2.65. The molecule has 2 aromatic rings. The zero-order valence-electron chi connectivity index (χ0n) is 10.4. The van der Waals surface area contributed by atoms with Gasteiger partial charge in [0.1, 0.15) is 5.03 Å². The topological polar surface area (TPSA) is 24.9 Å². The number of aryl methyl sites for hydroxylation is 1. The van der Waals surface area contributed by atoms with Crippen molar-refractivity contribution >= 4 is 23.4 Å². The Bertz CT molecular complexity index is 526. The summed E-state index contributed by atoms with van der Waals surface area (Å²) in [5.41, 5.74) is 2.56. The average molecular weight is 279 g/mol. The second kappa shape index (κ2) is 6.23. The summed E-state index contributed by atoms with van der Waals surface area (Å²) in [7, 11) is 1.96. The summed E-state index contributed by atoms with van der Waals surface area (Å²) in [6.07, 6.45) is 1.68. The number of nitrogens with one attached hydrogen (secondary N) is 1. The van der Waals surface area contributed by atoms with E-state index in [0.717, 1.165) is 11.6 Å². The van der Waals surface area contributed by atoms with Crippen molar-refractivity contribution in [1.29, 1.82) is 0 Å². The molecule has 2 nitrogen and oxygen atoms in total. The van der Waals surface area contributed by atoms with Crippen molar-refractivity contribution in [3.05, 3.63) is 52.7 Å². The van der Waals surface area contributed by atoms with E-state index in [1.165, 1.54) is 16.0 Å². The van der Waals surface area contributed by atoms with Gasteiger partial charge in [0.15, 0.2) is 0 Å². The minimum atomic E-state index is 0.665. The molecule has 0 aliphatic heterocycles. The maximum Gasteiger partial charge on any atom is 0.101 e. The van der Waals surface area contributed by atoms with Crippen LogP contribution in [-0.2, 0) is 6.54 Å². The second-order valence-corrected chi connectivity index (χ2v) is 5.56. The highest BCUT2D eigenvalue weighted by atomic mass is 35.5. The van der Waals surface area contributed by atoms with Crippen LogP contribution in [0.15, 0.2) is 46.5 Å². The maximum atomic E-state index is 5.83. The van der Waals surface area contributed by atoms with E-state index >= 15 is 0 Å². The van der Waals surface area contributed by atoms with E-state index in [1.807, 2.05) is 19.2 Å². The van der Waals surface area contributed by atoms with Gasteiger partial charge in [0.2, 0.25) is 0 Å². The highest BCUT2D eigenvalue weighted by Gasteiger charge is 2.05. The Morgan fingerprint density at radius 3 is 2.78 bits per heavy atom. The van der Waals surface area contributed by atoms with E-state index in [1.54, 1.807) is 18.0 Å². The molecule has 94 valence electrons. The molecule has 0 spiro atoms. The number of nitrogens with zero attached hydrogens (tertiary/aromatic N) is 1. The van der Waals surface area contributed by atoms with Gasteiger partial charge in [-0.15, -0.1) is 0 Å². The smallest absolute Gasteiger partial charge is 0.101 e. The lowest BCUT2D eigenvalue weighted by Gasteiger charge is -2.09. The van der Waals surface area contributed by atoms with Crippen LogP contribution in [0.5, 0.6) is 0 Å². The Morgan fingerprint density at radius 2 is 2.11 bits per heavy atom. The van der Waals surface area contributed by atoms with Gasteiger partial charge in [-0.2, -0.15) is 0 Å². The van der Waals surface area contributed by atoms with Crippen molar-refractivity contribution in [1.82, 2.24) is 10.3 Å². The van der Waals surface area contributed by atoms with E-state index in [0.29, 0.717) is 5.02 Å². The molecule has 1 N–H and O–H groups in total. The first kappa shape index (κ1) is 13.4. The van der Waals surface area contributed by atoms with Crippen molar-refractivity contribution in [2.45, 2.75) is 23.4 Å². The summed E-state index contributed by atoms with van der Waals surface area (Å²) >= 11 is 7.50. The molecule has 0 saturated heterocycles. The highest BCUT2D eigenvalue weighted by Crippen LogP contribution is 2.30. The lowest BCUT2D eigenvalue weighted by molar-refractivity contribution is 0.802. The molecular weight excluding hydrogens is 264 g/mol. The summed E-state index contributed by atoms with van der Waals surface area (Å²) in [6.45, 7) is 2.96. The third-order valence-corrected chi connectivity index (χ3v) is 3.79. The van der Waals surface area contributed by atoms with E-state index in [-0.39, 0.29) is 0 Å². The molecule has 0 aliphatic carbocycles. The van der Waals surface area contributed by atoms with Gasteiger partial charge in [-0.1, -0.05) is 41.1 Å². The number of halogens is 1. The Balaban J connectivity index is 2.25. The number of hydrogen-bond acceptors (Lipinski definition) is 3. The Morgan fingerprint density at radius 1 is 1.28 bits per heavy atom. The molecule has 1 aromatic heterocycles. The summed E-state index contributed by atoms with van der Waals surface area (Å²) in [5.74, 6) is 0. The van der Waals surface area contributed by atoms with Crippen LogP contribution < -0.4 is 5.32 Å². The van der Waals surface area contributed by atoms with Gasteiger partial charge in [-0.25, -0.2) is 4.98 Å². The van der Waals surface area contributed by atoms with Crippen molar-refractivity contribution < 1.29 is 0 Å². The molecule has 0 unspecified atom stereocenters. The van der Waals surface area contributed by atoms with Crippen LogP contribution >= 0.6 is 23.4 Å². The second-order valence-electron chi connectivity index (χ2n) is 4.06.